The molecule has 0 heterocycles. The number of hydrogen-bond acceptors (Lipinski definition) is 5. The van der Waals surface area contributed by atoms with Gasteiger partial charge in [-0.1, -0.05) is 60.7 Å². The van der Waals surface area contributed by atoms with E-state index in [1.165, 1.54) is 0 Å². The van der Waals surface area contributed by atoms with Gasteiger partial charge in [0.05, 0.1) is 14.2 Å². The van der Waals surface area contributed by atoms with E-state index < -0.39 is 5.60 Å². The summed E-state index contributed by atoms with van der Waals surface area (Å²) < 4.78 is 10.7. The van der Waals surface area contributed by atoms with Gasteiger partial charge in [-0.2, -0.15) is 0 Å². The van der Waals surface area contributed by atoms with Crippen molar-refractivity contribution in [3.8, 4) is 11.5 Å². The Kier molecular flexibility index (Phi) is 8.97. The molecule has 0 aliphatic rings. The third kappa shape index (κ3) is 6.38. The molecule has 0 aliphatic heterocycles. The molecule has 1 unspecified atom stereocenters. The Balaban J connectivity index is 1.80. The second-order valence-corrected chi connectivity index (χ2v) is 10.0. The molecule has 5 heteroatoms. The molecule has 0 spiro atoms. The van der Waals surface area contributed by atoms with Crippen molar-refractivity contribution < 1.29 is 14.6 Å². The average Bonchev–Trinajstić information content (AvgIpc) is 2.99. The maximum absolute atomic E-state index is 12.2. The fraction of sp³-hybridized carbons (Fsp3) is 0.200. The summed E-state index contributed by atoms with van der Waals surface area (Å²) in [5.74, 6) is 1.54. The molecule has 5 nitrogen and oxygen atoms in total. The Morgan fingerprint density at radius 3 is 1.40 bits per heavy atom. The van der Waals surface area contributed by atoms with Gasteiger partial charge in [-0.05, 0) is 82.4 Å². The number of nitrogens with zero attached hydrogens (tertiary/aromatic N) is 2. The van der Waals surface area contributed by atoms with Gasteiger partial charge in [0.15, 0.2) is 0 Å². The SMILES string of the molecule is COc1ccc(C(=CC=CC(O)(c2ccc(OC)cc2)c2ccc(N(C)C)cc2)c2ccc(N(C)C)cc2)cc1. The molecule has 0 fully saturated rings. The van der Waals surface area contributed by atoms with Gasteiger partial charge in [0, 0.05) is 39.6 Å². The van der Waals surface area contributed by atoms with Gasteiger partial charge in [0.1, 0.15) is 17.1 Å². The minimum absolute atomic E-state index is 0.737. The van der Waals surface area contributed by atoms with E-state index >= 15 is 0 Å². The molecule has 1 N–H and O–H groups in total. The smallest absolute Gasteiger partial charge is 0.133 e. The van der Waals surface area contributed by atoms with E-state index in [0.717, 1.165) is 50.7 Å². The summed E-state index contributed by atoms with van der Waals surface area (Å²) in [7, 11) is 11.4. The van der Waals surface area contributed by atoms with Crippen LogP contribution in [-0.2, 0) is 5.60 Å². The zero-order valence-corrected chi connectivity index (χ0v) is 24.1. The largest absolute Gasteiger partial charge is 0.497 e. The Morgan fingerprint density at radius 2 is 0.975 bits per heavy atom. The molecule has 4 aromatic rings. The first-order chi connectivity index (χ1) is 19.2. The summed E-state index contributed by atoms with van der Waals surface area (Å²) in [6.45, 7) is 0. The number of hydrogen-bond donors (Lipinski definition) is 1. The Bertz CT molecular complexity index is 1440. The van der Waals surface area contributed by atoms with Gasteiger partial charge in [-0.3, -0.25) is 0 Å². The van der Waals surface area contributed by atoms with Gasteiger partial charge in [-0.15, -0.1) is 0 Å². The van der Waals surface area contributed by atoms with Crippen LogP contribution in [0.5, 0.6) is 11.5 Å². The molecule has 0 bridgehead atoms. The highest BCUT2D eigenvalue weighted by Crippen LogP contribution is 2.34. The first-order valence-corrected chi connectivity index (χ1v) is 13.2. The van der Waals surface area contributed by atoms with E-state index in [2.05, 4.69) is 35.2 Å². The van der Waals surface area contributed by atoms with E-state index in [4.69, 9.17) is 9.47 Å². The summed E-state index contributed by atoms with van der Waals surface area (Å²) in [6.07, 6.45) is 5.83. The van der Waals surface area contributed by atoms with Crippen molar-refractivity contribution in [3.63, 3.8) is 0 Å². The van der Waals surface area contributed by atoms with Crippen LogP contribution in [0.4, 0.5) is 11.4 Å². The number of aliphatic hydroxyl groups is 1. The first-order valence-electron chi connectivity index (χ1n) is 13.2. The number of benzene rings is 4. The van der Waals surface area contributed by atoms with Crippen LogP contribution >= 0.6 is 0 Å². The summed E-state index contributed by atoms with van der Waals surface area (Å²) in [6, 6.07) is 32.0. The van der Waals surface area contributed by atoms with E-state index in [0.29, 0.717) is 0 Å². The lowest BCUT2D eigenvalue weighted by Crippen LogP contribution is -2.24. The number of methoxy groups -OCH3 is 2. The highest BCUT2D eigenvalue weighted by atomic mass is 16.5. The van der Waals surface area contributed by atoms with Crippen LogP contribution in [-0.4, -0.2) is 47.5 Å². The molecule has 0 aliphatic carbocycles. The van der Waals surface area contributed by atoms with Crippen molar-refractivity contribution in [1.82, 2.24) is 0 Å². The van der Waals surface area contributed by atoms with Crippen LogP contribution in [0, 0.1) is 0 Å². The first kappa shape index (κ1) is 28.5. The van der Waals surface area contributed by atoms with Crippen molar-refractivity contribution in [1.29, 1.82) is 0 Å². The van der Waals surface area contributed by atoms with Crippen LogP contribution < -0.4 is 19.3 Å². The van der Waals surface area contributed by atoms with Gasteiger partial charge < -0.3 is 24.4 Å². The van der Waals surface area contributed by atoms with Crippen molar-refractivity contribution in [2.75, 3.05) is 52.2 Å². The predicted molar refractivity (Wildman–Crippen MR) is 167 cm³/mol. The van der Waals surface area contributed by atoms with Crippen molar-refractivity contribution in [2.24, 2.45) is 0 Å². The molecular weight excluding hydrogens is 496 g/mol. The fourth-order valence-electron chi connectivity index (χ4n) is 4.57. The molecule has 0 saturated heterocycles. The highest BCUT2D eigenvalue weighted by molar-refractivity contribution is 5.81. The van der Waals surface area contributed by atoms with Crippen LogP contribution in [0.2, 0.25) is 0 Å². The second kappa shape index (κ2) is 12.6. The lowest BCUT2D eigenvalue weighted by atomic mass is 9.85. The molecule has 0 radical (unpaired) electrons. The number of allylic oxidation sites excluding steroid dienone is 2. The molecule has 0 amide bonds. The summed E-state index contributed by atoms with van der Waals surface area (Å²) >= 11 is 0. The van der Waals surface area contributed by atoms with Crippen LogP contribution in [0.3, 0.4) is 0 Å². The summed E-state index contributed by atoms with van der Waals surface area (Å²) in [4.78, 5) is 4.12. The molecule has 1 atom stereocenters. The molecule has 0 saturated carbocycles. The highest BCUT2D eigenvalue weighted by Gasteiger charge is 2.28. The zero-order valence-electron chi connectivity index (χ0n) is 24.1. The van der Waals surface area contributed by atoms with E-state index in [-0.39, 0.29) is 0 Å². The Morgan fingerprint density at radius 1 is 0.600 bits per heavy atom. The molecule has 4 aromatic carbocycles. The van der Waals surface area contributed by atoms with Gasteiger partial charge in [0.25, 0.3) is 0 Å². The van der Waals surface area contributed by atoms with Crippen LogP contribution in [0.15, 0.2) is 115 Å². The second-order valence-electron chi connectivity index (χ2n) is 10.0. The van der Waals surface area contributed by atoms with Gasteiger partial charge in [-0.25, -0.2) is 0 Å². The van der Waals surface area contributed by atoms with Crippen LogP contribution in [0.25, 0.3) is 5.57 Å². The average molecular weight is 535 g/mol. The molecule has 0 aromatic heterocycles. The van der Waals surface area contributed by atoms with E-state index in [1.807, 2.05) is 118 Å². The molecule has 206 valence electrons. The van der Waals surface area contributed by atoms with Crippen molar-refractivity contribution in [3.05, 3.63) is 138 Å². The Labute approximate surface area is 238 Å². The van der Waals surface area contributed by atoms with E-state index in [9.17, 15) is 5.11 Å². The predicted octanol–water partition coefficient (Wildman–Crippen LogP) is 6.76. The summed E-state index contributed by atoms with van der Waals surface area (Å²) in [5, 5.41) is 12.2. The zero-order chi connectivity index (χ0) is 28.7. The van der Waals surface area contributed by atoms with Crippen molar-refractivity contribution in [2.45, 2.75) is 5.60 Å². The lowest BCUT2D eigenvalue weighted by Gasteiger charge is -2.27. The van der Waals surface area contributed by atoms with E-state index in [1.54, 1.807) is 14.2 Å². The Hall–Kier alpha value is -4.48. The summed E-state index contributed by atoms with van der Waals surface area (Å²) in [5.41, 5.74) is 5.51. The minimum atomic E-state index is -1.35. The monoisotopic (exact) mass is 534 g/mol. The normalized spacial score (nSPS) is 13.1. The standard InChI is InChI=1S/C35H38N2O3/c1-36(2)30-17-9-26(10-18-30)34(27-11-21-32(39-5)22-12-27)8-7-25-35(38,29-15-23-33(40-6)24-16-29)28-13-19-31(20-14-28)37(3)4/h7-25,38H,1-6H3. The molecule has 40 heavy (non-hydrogen) atoms. The minimum Gasteiger partial charge on any atom is -0.497 e. The topological polar surface area (TPSA) is 45.2 Å². The maximum atomic E-state index is 12.2. The third-order valence-corrected chi connectivity index (χ3v) is 7.05. The van der Waals surface area contributed by atoms with Crippen molar-refractivity contribution >= 4 is 16.9 Å². The quantitative estimate of drug-likeness (QED) is 0.228. The molecule has 4 rings (SSSR count). The fourth-order valence-corrected chi connectivity index (χ4v) is 4.57. The van der Waals surface area contributed by atoms with Gasteiger partial charge in [0.2, 0.25) is 0 Å². The number of rotatable bonds is 10. The van der Waals surface area contributed by atoms with Gasteiger partial charge >= 0.3 is 0 Å². The van der Waals surface area contributed by atoms with Crippen LogP contribution in [0.1, 0.15) is 22.3 Å². The lowest BCUT2D eigenvalue weighted by molar-refractivity contribution is 0.134. The number of anilines is 2. The maximum Gasteiger partial charge on any atom is 0.133 e. The molecular formula is C35H38N2O3. The third-order valence-electron chi connectivity index (χ3n) is 7.05. The number of ether oxygens (including phenoxy) is 2.